The summed E-state index contributed by atoms with van der Waals surface area (Å²) in [5.74, 6) is 0.540. The predicted octanol–water partition coefficient (Wildman–Crippen LogP) is 1.58. The van der Waals surface area contributed by atoms with Crippen LogP contribution >= 0.6 is 0 Å². The number of nitrogens with zero attached hydrogens (tertiary/aromatic N) is 2. The highest BCUT2D eigenvalue weighted by Crippen LogP contribution is 2.12. The fraction of sp³-hybridized carbons (Fsp3) is 0.556. The largest absolute Gasteiger partial charge is 0.481 e. The second-order valence-electron chi connectivity index (χ2n) is 2.68. The molecule has 1 heterocycles. The highest BCUT2D eigenvalue weighted by Gasteiger charge is 2.01. The molecule has 0 fully saturated rings. The summed E-state index contributed by atoms with van der Waals surface area (Å²) in [5.41, 5.74) is 0.845. The van der Waals surface area contributed by atoms with E-state index in [1.807, 2.05) is 13.8 Å². The SMILES string of the molecule is CCCOc1nc(C)cc(OC)n1. The van der Waals surface area contributed by atoms with Gasteiger partial charge < -0.3 is 9.47 Å². The number of ether oxygens (including phenoxy) is 2. The molecule has 13 heavy (non-hydrogen) atoms. The van der Waals surface area contributed by atoms with Crippen molar-refractivity contribution in [1.29, 1.82) is 0 Å². The van der Waals surface area contributed by atoms with Crippen molar-refractivity contribution in [3.63, 3.8) is 0 Å². The van der Waals surface area contributed by atoms with Crippen LogP contribution < -0.4 is 9.47 Å². The monoisotopic (exact) mass is 182 g/mol. The summed E-state index contributed by atoms with van der Waals surface area (Å²) in [7, 11) is 1.57. The Kier molecular flexibility index (Phi) is 3.49. The molecule has 0 N–H and O–H groups in total. The van der Waals surface area contributed by atoms with Crippen LogP contribution in [-0.4, -0.2) is 23.7 Å². The lowest BCUT2D eigenvalue weighted by Crippen LogP contribution is -2.02. The standard InChI is InChI=1S/C9H14N2O2/c1-4-5-13-9-10-7(2)6-8(11-9)12-3/h6H,4-5H2,1-3H3. The van der Waals surface area contributed by atoms with Gasteiger partial charge in [-0.1, -0.05) is 6.92 Å². The summed E-state index contributed by atoms with van der Waals surface area (Å²) >= 11 is 0. The minimum atomic E-state index is 0.388. The van der Waals surface area contributed by atoms with Gasteiger partial charge in [-0.15, -0.1) is 0 Å². The molecule has 0 unspecified atom stereocenters. The average Bonchev–Trinajstić information content (AvgIpc) is 2.14. The van der Waals surface area contributed by atoms with E-state index in [0.29, 0.717) is 18.5 Å². The van der Waals surface area contributed by atoms with Crippen molar-refractivity contribution in [3.05, 3.63) is 11.8 Å². The second-order valence-corrected chi connectivity index (χ2v) is 2.68. The highest BCUT2D eigenvalue weighted by molar-refractivity contribution is 5.17. The van der Waals surface area contributed by atoms with Crippen molar-refractivity contribution in [1.82, 2.24) is 9.97 Å². The average molecular weight is 182 g/mol. The van der Waals surface area contributed by atoms with E-state index in [0.717, 1.165) is 12.1 Å². The lowest BCUT2D eigenvalue weighted by atomic mass is 10.4. The fourth-order valence-electron chi connectivity index (χ4n) is 0.876. The van der Waals surface area contributed by atoms with Gasteiger partial charge >= 0.3 is 6.01 Å². The van der Waals surface area contributed by atoms with Crippen molar-refractivity contribution in [2.24, 2.45) is 0 Å². The summed E-state index contributed by atoms with van der Waals surface area (Å²) in [6.07, 6.45) is 0.944. The second kappa shape index (κ2) is 4.64. The van der Waals surface area contributed by atoms with Crippen LogP contribution in [0, 0.1) is 6.92 Å². The molecule has 0 amide bonds. The van der Waals surface area contributed by atoms with E-state index in [1.165, 1.54) is 0 Å². The van der Waals surface area contributed by atoms with E-state index in [1.54, 1.807) is 13.2 Å². The summed E-state index contributed by atoms with van der Waals surface area (Å²) in [6.45, 7) is 4.54. The van der Waals surface area contributed by atoms with Crippen molar-refractivity contribution in [2.75, 3.05) is 13.7 Å². The maximum absolute atomic E-state index is 5.28. The Bertz CT molecular complexity index is 276. The maximum atomic E-state index is 5.28. The molecule has 1 aromatic heterocycles. The molecule has 0 aliphatic carbocycles. The van der Waals surface area contributed by atoms with Crippen LogP contribution in [0.25, 0.3) is 0 Å². The van der Waals surface area contributed by atoms with Gasteiger partial charge in [-0.05, 0) is 13.3 Å². The third-order valence-corrected chi connectivity index (χ3v) is 1.45. The van der Waals surface area contributed by atoms with Gasteiger partial charge in [0.2, 0.25) is 5.88 Å². The molecule has 0 saturated carbocycles. The Labute approximate surface area is 77.9 Å². The van der Waals surface area contributed by atoms with E-state index in [-0.39, 0.29) is 0 Å². The lowest BCUT2D eigenvalue weighted by Gasteiger charge is -2.05. The van der Waals surface area contributed by atoms with E-state index >= 15 is 0 Å². The van der Waals surface area contributed by atoms with E-state index in [9.17, 15) is 0 Å². The molecule has 72 valence electrons. The van der Waals surface area contributed by atoms with Gasteiger partial charge in [-0.3, -0.25) is 0 Å². The quantitative estimate of drug-likeness (QED) is 0.709. The van der Waals surface area contributed by atoms with Gasteiger partial charge in [0.25, 0.3) is 0 Å². The molecule has 0 saturated heterocycles. The molecule has 0 atom stereocenters. The molecule has 0 aliphatic rings. The van der Waals surface area contributed by atoms with Gasteiger partial charge in [-0.25, -0.2) is 4.98 Å². The van der Waals surface area contributed by atoms with Crippen LogP contribution in [0.5, 0.6) is 11.9 Å². The summed E-state index contributed by atoms with van der Waals surface area (Å²) in [5, 5.41) is 0. The first kappa shape index (κ1) is 9.77. The molecule has 4 nitrogen and oxygen atoms in total. The molecule has 0 bridgehead atoms. The molecule has 0 aromatic carbocycles. The van der Waals surface area contributed by atoms with Crippen LogP contribution in [0.3, 0.4) is 0 Å². The Morgan fingerprint density at radius 2 is 2.15 bits per heavy atom. The number of aryl methyl sites for hydroxylation is 1. The van der Waals surface area contributed by atoms with Crippen LogP contribution in [0.1, 0.15) is 19.0 Å². The zero-order valence-electron chi connectivity index (χ0n) is 8.20. The Hall–Kier alpha value is -1.32. The summed E-state index contributed by atoms with van der Waals surface area (Å²) in [4.78, 5) is 8.14. The third kappa shape index (κ3) is 2.89. The molecule has 1 aromatic rings. The van der Waals surface area contributed by atoms with Crippen molar-refractivity contribution < 1.29 is 9.47 Å². The smallest absolute Gasteiger partial charge is 0.319 e. The molecular weight excluding hydrogens is 168 g/mol. The maximum Gasteiger partial charge on any atom is 0.319 e. The topological polar surface area (TPSA) is 44.2 Å². The number of hydrogen-bond donors (Lipinski definition) is 0. The normalized spacial score (nSPS) is 9.77. The van der Waals surface area contributed by atoms with Crippen LogP contribution in [0.15, 0.2) is 6.07 Å². The van der Waals surface area contributed by atoms with E-state index in [2.05, 4.69) is 9.97 Å². The van der Waals surface area contributed by atoms with E-state index in [4.69, 9.17) is 9.47 Å². The first-order valence-corrected chi connectivity index (χ1v) is 4.28. The Morgan fingerprint density at radius 1 is 1.38 bits per heavy atom. The molecule has 4 heteroatoms. The molecule has 0 aliphatic heterocycles. The number of methoxy groups -OCH3 is 1. The summed E-state index contributed by atoms with van der Waals surface area (Å²) < 4.78 is 10.3. The Balaban J connectivity index is 2.76. The first-order valence-electron chi connectivity index (χ1n) is 4.28. The van der Waals surface area contributed by atoms with Gasteiger partial charge in [0.1, 0.15) is 0 Å². The van der Waals surface area contributed by atoms with E-state index < -0.39 is 0 Å². The number of aromatic nitrogens is 2. The van der Waals surface area contributed by atoms with Crippen LogP contribution in [-0.2, 0) is 0 Å². The summed E-state index contributed by atoms with van der Waals surface area (Å²) in [6, 6.07) is 2.15. The van der Waals surface area contributed by atoms with Gasteiger partial charge in [-0.2, -0.15) is 4.98 Å². The van der Waals surface area contributed by atoms with Gasteiger partial charge in [0.05, 0.1) is 13.7 Å². The van der Waals surface area contributed by atoms with Crippen LogP contribution in [0.4, 0.5) is 0 Å². The zero-order chi connectivity index (χ0) is 9.68. The minimum Gasteiger partial charge on any atom is -0.481 e. The van der Waals surface area contributed by atoms with Crippen LogP contribution in [0.2, 0.25) is 0 Å². The Morgan fingerprint density at radius 3 is 2.77 bits per heavy atom. The zero-order valence-corrected chi connectivity index (χ0v) is 8.20. The number of hydrogen-bond acceptors (Lipinski definition) is 4. The van der Waals surface area contributed by atoms with Gasteiger partial charge in [0.15, 0.2) is 0 Å². The molecule has 0 spiro atoms. The fourth-order valence-corrected chi connectivity index (χ4v) is 0.876. The highest BCUT2D eigenvalue weighted by atomic mass is 16.5. The molecule has 0 radical (unpaired) electrons. The van der Waals surface area contributed by atoms with Crippen molar-refractivity contribution in [3.8, 4) is 11.9 Å². The minimum absolute atomic E-state index is 0.388. The predicted molar refractivity (Wildman–Crippen MR) is 49.1 cm³/mol. The van der Waals surface area contributed by atoms with Gasteiger partial charge in [0, 0.05) is 11.8 Å². The molecule has 1 rings (SSSR count). The molecular formula is C9H14N2O2. The van der Waals surface area contributed by atoms with Crippen molar-refractivity contribution >= 4 is 0 Å². The number of rotatable bonds is 4. The first-order chi connectivity index (χ1) is 6.26. The third-order valence-electron chi connectivity index (χ3n) is 1.45. The lowest BCUT2D eigenvalue weighted by molar-refractivity contribution is 0.284. The van der Waals surface area contributed by atoms with Crippen molar-refractivity contribution in [2.45, 2.75) is 20.3 Å².